The molecule has 24 heavy (non-hydrogen) atoms. The maximum atomic E-state index is 12.2. The van der Waals surface area contributed by atoms with E-state index in [2.05, 4.69) is 44.8 Å². The Morgan fingerprint density at radius 2 is 2.04 bits per heavy atom. The summed E-state index contributed by atoms with van der Waals surface area (Å²) in [5, 5.41) is 11.1. The molecule has 1 atom stereocenters. The lowest BCUT2D eigenvalue weighted by molar-refractivity contribution is 0.0914. The predicted molar refractivity (Wildman–Crippen MR) is 92.6 cm³/mol. The Bertz CT molecular complexity index is 689. The largest absolute Gasteiger partial charge is 0.346 e. The number of rotatable bonds is 4. The average molecular weight is 327 g/mol. The molecular formula is C18H25N5O. The summed E-state index contributed by atoms with van der Waals surface area (Å²) in [5.74, 6) is -0.173. The molecule has 1 aromatic carbocycles. The highest BCUT2D eigenvalue weighted by Crippen LogP contribution is 2.22. The second-order valence-electron chi connectivity index (χ2n) is 7.45. The topological polar surface area (TPSA) is 63.1 Å². The van der Waals surface area contributed by atoms with E-state index in [1.807, 2.05) is 31.5 Å². The third-order valence-corrected chi connectivity index (χ3v) is 4.10. The number of hydrogen-bond donors (Lipinski definition) is 1. The van der Waals surface area contributed by atoms with Crippen LogP contribution < -0.4 is 5.32 Å². The molecule has 1 N–H and O–H groups in total. The lowest BCUT2D eigenvalue weighted by Crippen LogP contribution is -2.40. The zero-order valence-corrected chi connectivity index (χ0v) is 14.6. The molecule has 1 amide bonds. The van der Waals surface area contributed by atoms with Crippen LogP contribution in [-0.2, 0) is 6.54 Å². The van der Waals surface area contributed by atoms with Crippen LogP contribution in [0.5, 0.6) is 0 Å². The Kier molecular flexibility index (Phi) is 4.66. The first kappa shape index (κ1) is 16.6. The molecule has 128 valence electrons. The van der Waals surface area contributed by atoms with E-state index in [1.165, 1.54) is 5.56 Å². The summed E-state index contributed by atoms with van der Waals surface area (Å²) in [6.07, 6.45) is 2.79. The molecule has 0 spiro atoms. The lowest BCUT2D eigenvalue weighted by atomic mass is 10.1. The van der Waals surface area contributed by atoms with Gasteiger partial charge in [-0.2, -0.15) is 0 Å². The van der Waals surface area contributed by atoms with E-state index >= 15 is 0 Å². The van der Waals surface area contributed by atoms with E-state index in [-0.39, 0.29) is 17.5 Å². The van der Waals surface area contributed by atoms with E-state index in [0.29, 0.717) is 5.69 Å². The van der Waals surface area contributed by atoms with Crippen molar-refractivity contribution in [2.45, 2.75) is 45.3 Å². The number of nitrogens with zero attached hydrogens (tertiary/aromatic N) is 4. The number of benzene rings is 1. The maximum absolute atomic E-state index is 12.2. The van der Waals surface area contributed by atoms with Gasteiger partial charge >= 0.3 is 0 Å². The van der Waals surface area contributed by atoms with Crippen LogP contribution in [0.3, 0.4) is 0 Å². The molecule has 1 saturated heterocycles. The molecule has 1 aromatic heterocycles. The van der Waals surface area contributed by atoms with Crippen molar-refractivity contribution in [3.05, 3.63) is 47.8 Å². The van der Waals surface area contributed by atoms with Crippen molar-refractivity contribution in [3.8, 4) is 0 Å². The Labute approximate surface area is 142 Å². The average Bonchev–Trinajstić information content (AvgIpc) is 3.15. The summed E-state index contributed by atoms with van der Waals surface area (Å²) in [7, 11) is 0. The van der Waals surface area contributed by atoms with Crippen LogP contribution in [0.25, 0.3) is 0 Å². The fourth-order valence-corrected chi connectivity index (χ4v) is 2.98. The van der Waals surface area contributed by atoms with Gasteiger partial charge < -0.3 is 5.32 Å². The SMILES string of the molecule is CC(C)(C)NC(=O)c1cn(C2CCN(Cc3ccccc3)C2)nn1. The third kappa shape index (κ3) is 4.20. The summed E-state index contributed by atoms with van der Waals surface area (Å²) in [6.45, 7) is 8.76. The van der Waals surface area contributed by atoms with E-state index < -0.39 is 0 Å². The highest BCUT2D eigenvalue weighted by Gasteiger charge is 2.26. The molecule has 6 heteroatoms. The van der Waals surface area contributed by atoms with Crippen LogP contribution in [0.2, 0.25) is 0 Å². The van der Waals surface area contributed by atoms with Crippen molar-refractivity contribution in [1.82, 2.24) is 25.2 Å². The molecule has 0 bridgehead atoms. The summed E-state index contributed by atoms with van der Waals surface area (Å²) < 4.78 is 1.84. The number of hydrogen-bond acceptors (Lipinski definition) is 4. The molecule has 3 rings (SSSR count). The molecule has 2 heterocycles. The molecule has 0 aliphatic carbocycles. The van der Waals surface area contributed by atoms with Gasteiger partial charge in [-0.3, -0.25) is 9.69 Å². The molecule has 1 fully saturated rings. The van der Waals surface area contributed by atoms with Crippen molar-refractivity contribution < 1.29 is 4.79 Å². The van der Waals surface area contributed by atoms with Gasteiger partial charge in [-0.1, -0.05) is 35.5 Å². The van der Waals surface area contributed by atoms with E-state index in [4.69, 9.17) is 0 Å². The third-order valence-electron chi connectivity index (χ3n) is 4.10. The Morgan fingerprint density at radius 1 is 1.29 bits per heavy atom. The van der Waals surface area contributed by atoms with E-state index in [9.17, 15) is 4.79 Å². The number of aromatic nitrogens is 3. The second kappa shape index (κ2) is 6.73. The van der Waals surface area contributed by atoms with Gasteiger partial charge in [0, 0.05) is 25.2 Å². The van der Waals surface area contributed by atoms with Crippen molar-refractivity contribution in [2.24, 2.45) is 0 Å². The number of carbonyl (C=O) groups excluding carboxylic acids is 1. The number of nitrogens with one attached hydrogen (secondary N) is 1. The Morgan fingerprint density at radius 3 is 2.75 bits per heavy atom. The Balaban J connectivity index is 1.59. The normalized spacial score (nSPS) is 18.7. The second-order valence-corrected chi connectivity index (χ2v) is 7.45. The molecule has 0 radical (unpaired) electrons. The van der Waals surface area contributed by atoms with Gasteiger partial charge in [0.05, 0.1) is 12.2 Å². The van der Waals surface area contributed by atoms with Gasteiger partial charge in [-0.15, -0.1) is 5.10 Å². The molecule has 6 nitrogen and oxygen atoms in total. The van der Waals surface area contributed by atoms with Crippen LogP contribution in [0.1, 0.15) is 49.3 Å². The maximum Gasteiger partial charge on any atom is 0.273 e. The zero-order valence-electron chi connectivity index (χ0n) is 14.6. The van der Waals surface area contributed by atoms with E-state index in [0.717, 1.165) is 26.1 Å². The first-order valence-corrected chi connectivity index (χ1v) is 8.41. The fourth-order valence-electron chi connectivity index (χ4n) is 2.98. The smallest absolute Gasteiger partial charge is 0.273 e. The molecule has 1 unspecified atom stereocenters. The van der Waals surface area contributed by atoms with Crippen molar-refractivity contribution in [2.75, 3.05) is 13.1 Å². The van der Waals surface area contributed by atoms with Gasteiger partial charge in [-0.05, 0) is 32.8 Å². The van der Waals surface area contributed by atoms with Crippen LogP contribution in [0.4, 0.5) is 0 Å². The first-order chi connectivity index (χ1) is 11.4. The molecule has 1 aliphatic rings. The van der Waals surface area contributed by atoms with Gasteiger partial charge in [-0.25, -0.2) is 4.68 Å². The lowest BCUT2D eigenvalue weighted by Gasteiger charge is -2.19. The minimum atomic E-state index is -0.277. The minimum absolute atomic E-state index is 0.173. The fraction of sp³-hybridized carbons (Fsp3) is 0.500. The van der Waals surface area contributed by atoms with Crippen molar-refractivity contribution in [3.63, 3.8) is 0 Å². The molecular weight excluding hydrogens is 302 g/mol. The Hall–Kier alpha value is -2.21. The first-order valence-electron chi connectivity index (χ1n) is 8.41. The van der Waals surface area contributed by atoms with Gasteiger partial charge in [0.2, 0.25) is 0 Å². The van der Waals surface area contributed by atoms with Crippen LogP contribution >= 0.6 is 0 Å². The van der Waals surface area contributed by atoms with E-state index in [1.54, 1.807) is 6.20 Å². The molecule has 1 aliphatic heterocycles. The standard InChI is InChI=1S/C18H25N5O/c1-18(2,3)19-17(24)16-13-23(21-20-16)15-9-10-22(12-15)11-14-7-5-4-6-8-14/h4-8,13,15H,9-12H2,1-3H3,(H,19,24). The van der Waals surface area contributed by atoms with Crippen LogP contribution in [-0.4, -0.2) is 44.4 Å². The number of amides is 1. The molecule has 2 aromatic rings. The summed E-state index contributed by atoms with van der Waals surface area (Å²) >= 11 is 0. The number of carbonyl (C=O) groups is 1. The predicted octanol–water partition coefficient (Wildman–Crippen LogP) is 2.25. The highest BCUT2D eigenvalue weighted by atomic mass is 16.2. The van der Waals surface area contributed by atoms with Gasteiger partial charge in [0.25, 0.3) is 5.91 Å². The minimum Gasteiger partial charge on any atom is -0.346 e. The zero-order chi connectivity index (χ0) is 17.2. The van der Waals surface area contributed by atoms with Crippen molar-refractivity contribution in [1.29, 1.82) is 0 Å². The van der Waals surface area contributed by atoms with Gasteiger partial charge in [0.15, 0.2) is 5.69 Å². The highest BCUT2D eigenvalue weighted by molar-refractivity contribution is 5.92. The van der Waals surface area contributed by atoms with Crippen LogP contribution in [0.15, 0.2) is 36.5 Å². The van der Waals surface area contributed by atoms with Crippen LogP contribution in [0, 0.1) is 0 Å². The monoisotopic (exact) mass is 327 g/mol. The summed E-state index contributed by atoms with van der Waals surface area (Å²) in [4.78, 5) is 14.6. The number of likely N-dealkylation sites (tertiary alicyclic amines) is 1. The van der Waals surface area contributed by atoms with Gasteiger partial charge in [0.1, 0.15) is 0 Å². The molecule has 0 saturated carbocycles. The summed E-state index contributed by atoms with van der Waals surface area (Å²) in [6, 6.07) is 10.8. The van der Waals surface area contributed by atoms with Crippen molar-refractivity contribution >= 4 is 5.91 Å². The quantitative estimate of drug-likeness (QED) is 0.935. The summed E-state index contributed by atoms with van der Waals surface area (Å²) in [5.41, 5.74) is 1.43.